The van der Waals surface area contributed by atoms with Crippen LogP contribution in [-0.4, -0.2) is 70.2 Å². The predicted octanol–water partition coefficient (Wildman–Crippen LogP) is 3.30. The molecule has 6 heteroatoms. The third kappa shape index (κ3) is 6.56. The topological polar surface area (TPSA) is 52.0 Å². The molecule has 0 saturated carbocycles. The van der Waals surface area contributed by atoms with Crippen molar-refractivity contribution in [2.24, 2.45) is 7.05 Å². The quantitative estimate of drug-likeness (QED) is 0.702. The molecule has 0 amide bonds. The minimum absolute atomic E-state index is 0.0923. The first-order valence-electron chi connectivity index (χ1n) is 12.4. The number of aromatic hydroxyl groups is 1. The molecule has 1 aromatic carbocycles. The summed E-state index contributed by atoms with van der Waals surface area (Å²) < 4.78 is 2.05. The smallest absolute Gasteiger partial charge is 0.223 e. The molecular weight excluding hydrogens is 412 g/mol. The zero-order valence-corrected chi connectivity index (χ0v) is 20.0. The lowest BCUT2D eigenvalue weighted by molar-refractivity contribution is 0.133. The van der Waals surface area contributed by atoms with Crippen molar-refractivity contribution >= 4 is 6.08 Å². The fraction of sp³-hybridized carbons (Fsp3) is 0.519. The van der Waals surface area contributed by atoms with E-state index in [4.69, 9.17) is 0 Å². The minimum Gasteiger partial charge on any atom is -0.503 e. The number of hydrogen-bond donors (Lipinski definition) is 1. The van der Waals surface area contributed by atoms with E-state index in [2.05, 4.69) is 55.7 Å². The van der Waals surface area contributed by atoms with Crippen LogP contribution in [0.15, 0.2) is 47.3 Å². The third-order valence-electron chi connectivity index (χ3n) is 7.04. The molecule has 0 atom stereocenters. The SMILES string of the molecule is Cn1c(CN2CCCCCC2)cc(=O)c(O)c1CN1CCN(C/C=C/c2ccccc2)CC1. The molecule has 0 unspecified atom stereocenters. The molecular formula is C27H38N4O2. The Morgan fingerprint density at radius 2 is 1.48 bits per heavy atom. The van der Waals surface area contributed by atoms with Crippen LogP contribution in [0.1, 0.15) is 42.6 Å². The van der Waals surface area contributed by atoms with Gasteiger partial charge in [0, 0.05) is 64.6 Å². The third-order valence-corrected chi connectivity index (χ3v) is 7.04. The summed E-state index contributed by atoms with van der Waals surface area (Å²) in [6.07, 6.45) is 9.45. The van der Waals surface area contributed by atoms with Crippen molar-refractivity contribution in [3.05, 3.63) is 69.6 Å². The van der Waals surface area contributed by atoms with Gasteiger partial charge in [-0.2, -0.15) is 0 Å². The van der Waals surface area contributed by atoms with Crippen LogP contribution >= 0.6 is 0 Å². The van der Waals surface area contributed by atoms with Gasteiger partial charge in [-0.3, -0.25) is 19.5 Å². The number of aromatic nitrogens is 1. The summed E-state index contributed by atoms with van der Waals surface area (Å²) in [6, 6.07) is 12.0. The van der Waals surface area contributed by atoms with Crippen LogP contribution in [0, 0.1) is 0 Å². The number of nitrogens with zero attached hydrogens (tertiary/aromatic N) is 4. The molecule has 33 heavy (non-hydrogen) atoms. The maximum Gasteiger partial charge on any atom is 0.223 e. The van der Waals surface area contributed by atoms with E-state index in [-0.39, 0.29) is 11.2 Å². The monoisotopic (exact) mass is 450 g/mol. The first kappa shape index (κ1) is 23.7. The van der Waals surface area contributed by atoms with Crippen molar-refractivity contribution in [3.8, 4) is 5.75 Å². The minimum atomic E-state index is -0.252. The number of hydrogen-bond acceptors (Lipinski definition) is 5. The van der Waals surface area contributed by atoms with Crippen LogP contribution < -0.4 is 5.43 Å². The summed E-state index contributed by atoms with van der Waals surface area (Å²) >= 11 is 0. The molecule has 0 spiro atoms. The number of rotatable bonds is 7. The van der Waals surface area contributed by atoms with Gasteiger partial charge in [0.15, 0.2) is 5.75 Å². The van der Waals surface area contributed by atoms with Gasteiger partial charge in [-0.25, -0.2) is 0 Å². The number of likely N-dealkylation sites (tertiary alicyclic amines) is 1. The first-order chi connectivity index (χ1) is 16.1. The molecule has 4 rings (SSSR count). The highest BCUT2D eigenvalue weighted by Gasteiger charge is 2.21. The van der Waals surface area contributed by atoms with Crippen molar-refractivity contribution in [3.63, 3.8) is 0 Å². The molecule has 0 bridgehead atoms. The highest BCUT2D eigenvalue weighted by molar-refractivity contribution is 5.48. The molecule has 1 N–H and O–H groups in total. The molecule has 6 nitrogen and oxygen atoms in total. The van der Waals surface area contributed by atoms with Gasteiger partial charge in [-0.1, -0.05) is 55.3 Å². The Kier molecular flexibility index (Phi) is 8.37. The van der Waals surface area contributed by atoms with E-state index in [9.17, 15) is 9.90 Å². The van der Waals surface area contributed by atoms with Gasteiger partial charge in [-0.15, -0.1) is 0 Å². The molecule has 2 aliphatic rings. The summed E-state index contributed by atoms with van der Waals surface area (Å²) in [4.78, 5) is 19.8. The van der Waals surface area contributed by atoms with Gasteiger partial charge in [0.05, 0.1) is 5.69 Å². The molecule has 2 aliphatic heterocycles. The lowest BCUT2D eigenvalue weighted by Gasteiger charge is -2.34. The zero-order chi connectivity index (χ0) is 23.0. The average molecular weight is 451 g/mol. The lowest BCUT2D eigenvalue weighted by atomic mass is 10.2. The van der Waals surface area contributed by atoms with E-state index < -0.39 is 0 Å². The summed E-state index contributed by atoms with van der Waals surface area (Å²) in [5.74, 6) is -0.0923. The number of piperazine rings is 1. The normalized spacial score (nSPS) is 19.2. The van der Waals surface area contributed by atoms with Crippen LogP contribution in [-0.2, 0) is 20.1 Å². The van der Waals surface area contributed by atoms with Gasteiger partial charge in [-0.05, 0) is 31.5 Å². The summed E-state index contributed by atoms with van der Waals surface area (Å²) in [7, 11) is 1.99. The van der Waals surface area contributed by atoms with Crippen LogP contribution in [0.3, 0.4) is 0 Å². The van der Waals surface area contributed by atoms with Crippen molar-refractivity contribution in [2.75, 3.05) is 45.8 Å². The standard InChI is InChI=1S/C27H38N4O2/c1-28-24(21-30-13-7-2-3-8-14-30)20-26(32)27(33)25(28)22-31-18-16-29(17-19-31)15-9-12-23-10-5-4-6-11-23/h4-6,9-12,20,33H,2-3,7-8,13-19,21-22H2,1H3/b12-9+. The Morgan fingerprint density at radius 3 is 2.18 bits per heavy atom. The second-order valence-electron chi connectivity index (χ2n) is 9.43. The second-order valence-corrected chi connectivity index (χ2v) is 9.43. The zero-order valence-electron chi connectivity index (χ0n) is 20.0. The van der Waals surface area contributed by atoms with E-state index in [0.29, 0.717) is 6.54 Å². The van der Waals surface area contributed by atoms with Gasteiger partial charge in [0.2, 0.25) is 5.43 Å². The van der Waals surface area contributed by atoms with E-state index in [1.807, 2.05) is 13.1 Å². The molecule has 3 heterocycles. The fourth-order valence-electron chi connectivity index (χ4n) is 4.89. The molecule has 0 aliphatic carbocycles. The average Bonchev–Trinajstić information content (AvgIpc) is 3.11. The molecule has 2 saturated heterocycles. The molecule has 2 aromatic rings. The second kappa shape index (κ2) is 11.6. The van der Waals surface area contributed by atoms with Gasteiger partial charge in [0.25, 0.3) is 0 Å². The van der Waals surface area contributed by atoms with E-state index in [1.54, 1.807) is 6.07 Å². The van der Waals surface area contributed by atoms with E-state index >= 15 is 0 Å². The molecule has 1 aromatic heterocycles. The largest absolute Gasteiger partial charge is 0.503 e. The highest BCUT2D eigenvalue weighted by Crippen LogP contribution is 2.19. The van der Waals surface area contributed by atoms with Crippen molar-refractivity contribution < 1.29 is 5.11 Å². The Balaban J connectivity index is 1.34. The van der Waals surface area contributed by atoms with Gasteiger partial charge < -0.3 is 9.67 Å². The van der Waals surface area contributed by atoms with E-state index in [0.717, 1.165) is 63.7 Å². The van der Waals surface area contributed by atoms with Crippen LogP contribution in [0.4, 0.5) is 0 Å². The van der Waals surface area contributed by atoms with Crippen LogP contribution in [0.5, 0.6) is 5.75 Å². The predicted molar refractivity (Wildman–Crippen MR) is 134 cm³/mol. The highest BCUT2D eigenvalue weighted by atomic mass is 16.3. The molecule has 2 fully saturated rings. The first-order valence-corrected chi connectivity index (χ1v) is 12.4. The molecule has 0 radical (unpaired) electrons. The van der Waals surface area contributed by atoms with Gasteiger partial charge in [0.1, 0.15) is 0 Å². The van der Waals surface area contributed by atoms with Gasteiger partial charge >= 0.3 is 0 Å². The van der Waals surface area contributed by atoms with Crippen LogP contribution in [0.25, 0.3) is 6.08 Å². The Morgan fingerprint density at radius 1 is 0.848 bits per heavy atom. The lowest BCUT2D eigenvalue weighted by Crippen LogP contribution is -2.46. The van der Waals surface area contributed by atoms with E-state index in [1.165, 1.54) is 31.2 Å². The maximum absolute atomic E-state index is 12.5. The van der Waals surface area contributed by atoms with Crippen molar-refractivity contribution in [2.45, 2.75) is 38.8 Å². The van der Waals surface area contributed by atoms with Crippen molar-refractivity contribution in [1.82, 2.24) is 19.3 Å². The Hall–Kier alpha value is -2.41. The Labute approximate surface area is 197 Å². The number of benzene rings is 1. The van der Waals surface area contributed by atoms with Crippen LogP contribution in [0.2, 0.25) is 0 Å². The summed E-state index contributed by atoms with van der Waals surface area (Å²) in [6.45, 7) is 8.35. The fourth-order valence-corrected chi connectivity index (χ4v) is 4.89. The van der Waals surface area contributed by atoms with Crippen molar-refractivity contribution in [1.29, 1.82) is 0 Å². The molecule has 178 valence electrons. The maximum atomic E-state index is 12.5. The summed E-state index contributed by atoms with van der Waals surface area (Å²) in [5.41, 5.74) is 2.72. The Bertz CT molecular complexity index is 970. The summed E-state index contributed by atoms with van der Waals surface area (Å²) in [5, 5.41) is 10.6. The number of pyridine rings is 1.